The van der Waals surface area contributed by atoms with Crippen LogP contribution in [0.25, 0.3) is 0 Å². The predicted molar refractivity (Wildman–Crippen MR) is 146 cm³/mol. The largest absolute Gasteiger partial charge is 0.459 e. The number of nitrogens with one attached hydrogen (secondary N) is 2. The normalized spacial score (nSPS) is 36.8. The number of hydrogen-bond donors (Lipinski definition) is 2. The fourth-order valence-electron chi connectivity index (χ4n) is 7.64. The van der Waals surface area contributed by atoms with E-state index in [0.717, 1.165) is 63.8 Å². The molecule has 6 nitrogen and oxygen atoms in total. The minimum absolute atomic E-state index is 0.00778. The van der Waals surface area contributed by atoms with Crippen molar-refractivity contribution in [3.8, 4) is 0 Å². The molecule has 1 aliphatic heterocycles. The third kappa shape index (κ3) is 8.65. The monoisotopic (exact) mass is 518 g/mol. The number of carbonyl (C=O) groups excluding carboxylic acids is 1. The molecule has 0 bridgehead atoms. The molecular formula is C31H54N2O4. The maximum Gasteiger partial charge on any atom is 0.309 e. The molecule has 0 aromatic heterocycles. The van der Waals surface area contributed by atoms with Gasteiger partial charge in [-0.05, 0) is 94.8 Å². The van der Waals surface area contributed by atoms with Crippen molar-refractivity contribution in [3.05, 3.63) is 0 Å². The van der Waals surface area contributed by atoms with Gasteiger partial charge in [0.05, 0.1) is 24.3 Å². The number of rotatable bonds is 9. The summed E-state index contributed by atoms with van der Waals surface area (Å²) in [5.41, 5.74) is 0. The summed E-state index contributed by atoms with van der Waals surface area (Å²) in [7, 11) is 0. The Labute approximate surface area is 225 Å². The molecule has 4 aliphatic carbocycles. The van der Waals surface area contributed by atoms with Crippen molar-refractivity contribution in [2.24, 2.45) is 23.7 Å². The van der Waals surface area contributed by atoms with Crippen molar-refractivity contribution in [1.82, 2.24) is 10.6 Å². The summed E-state index contributed by atoms with van der Waals surface area (Å²) < 4.78 is 18.5. The Morgan fingerprint density at radius 2 is 1.05 bits per heavy atom. The Morgan fingerprint density at radius 3 is 1.57 bits per heavy atom. The van der Waals surface area contributed by atoms with E-state index in [0.29, 0.717) is 24.3 Å². The molecule has 5 rings (SSSR count). The van der Waals surface area contributed by atoms with Crippen LogP contribution in [0.2, 0.25) is 0 Å². The SMILES string of the molecule is O=C(OC1CNC(C2CCC(OCC3CCCCC3)CC2)NC1)C1CCC(OCC2CCCCC2)CC1. The van der Waals surface area contributed by atoms with Gasteiger partial charge in [-0.2, -0.15) is 0 Å². The molecule has 0 radical (unpaired) electrons. The van der Waals surface area contributed by atoms with Gasteiger partial charge in [0.1, 0.15) is 6.10 Å². The molecule has 0 unspecified atom stereocenters. The van der Waals surface area contributed by atoms with E-state index in [1.165, 1.54) is 89.9 Å². The molecular weight excluding hydrogens is 464 g/mol. The highest BCUT2D eigenvalue weighted by molar-refractivity contribution is 5.72. The van der Waals surface area contributed by atoms with Crippen molar-refractivity contribution in [2.75, 3.05) is 26.3 Å². The molecule has 2 N–H and O–H groups in total. The Morgan fingerprint density at radius 1 is 0.568 bits per heavy atom. The topological polar surface area (TPSA) is 68.8 Å². The van der Waals surface area contributed by atoms with Gasteiger partial charge >= 0.3 is 5.97 Å². The lowest BCUT2D eigenvalue weighted by Crippen LogP contribution is -2.59. The molecule has 5 aliphatic rings. The molecule has 6 heteroatoms. The van der Waals surface area contributed by atoms with E-state index in [-0.39, 0.29) is 18.0 Å². The van der Waals surface area contributed by atoms with Gasteiger partial charge in [0, 0.05) is 26.3 Å². The average Bonchev–Trinajstić information content (AvgIpc) is 2.97. The zero-order valence-electron chi connectivity index (χ0n) is 23.3. The van der Waals surface area contributed by atoms with Crippen LogP contribution in [0.4, 0.5) is 0 Å². The van der Waals surface area contributed by atoms with Crippen LogP contribution in [0.15, 0.2) is 0 Å². The van der Waals surface area contributed by atoms with Gasteiger partial charge in [-0.3, -0.25) is 15.4 Å². The quantitative estimate of drug-likeness (QED) is 0.380. The van der Waals surface area contributed by atoms with E-state index >= 15 is 0 Å². The Hall–Kier alpha value is -0.690. The summed E-state index contributed by atoms with van der Waals surface area (Å²) in [6.07, 6.45) is 23.5. The molecule has 4 saturated carbocycles. The van der Waals surface area contributed by atoms with Crippen molar-refractivity contribution in [1.29, 1.82) is 0 Å². The molecule has 5 fully saturated rings. The molecule has 212 valence electrons. The maximum atomic E-state index is 12.8. The highest BCUT2D eigenvalue weighted by atomic mass is 16.5. The zero-order chi connectivity index (χ0) is 25.3. The van der Waals surface area contributed by atoms with E-state index in [1.54, 1.807) is 0 Å². The molecule has 1 saturated heterocycles. The summed E-state index contributed by atoms with van der Waals surface area (Å²) in [5, 5.41) is 7.30. The first-order valence-corrected chi connectivity index (χ1v) is 16.1. The van der Waals surface area contributed by atoms with Gasteiger partial charge in [-0.25, -0.2) is 0 Å². The minimum Gasteiger partial charge on any atom is -0.459 e. The number of hydrogen-bond acceptors (Lipinski definition) is 6. The van der Waals surface area contributed by atoms with E-state index in [4.69, 9.17) is 14.2 Å². The van der Waals surface area contributed by atoms with Crippen molar-refractivity contribution in [3.63, 3.8) is 0 Å². The van der Waals surface area contributed by atoms with Gasteiger partial charge in [-0.1, -0.05) is 38.5 Å². The van der Waals surface area contributed by atoms with Gasteiger partial charge < -0.3 is 14.2 Å². The first-order chi connectivity index (χ1) is 18.2. The minimum atomic E-state index is -0.0563. The Kier molecular flexibility index (Phi) is 11.0. The van der Waals surface area contributed by atoms with Crippen LogP contribution in [0.1, 0.15) is 116 Å². The van der Waals surface area contributed by atoms with Crippen molar-refractivity contribution in [2.45, 2.75) is 140 Å². The summed E-state index contributed by atoms with van der Waals surface area (Å²) in [6.45, 7) is 3.44. The van der Waals surface area contributed by atoms with Crippen LogP contribution in [0.5, 0.6) is 0 Å². The second kappa shape index (κ2) is 14.6. The number of esters is 1. The lowest BCUT2D eigenvalue weighted by atomic mass is 9.84. The highest BCUT2D eigenvalue weighted by Crippen LogP contribution is 2.32. The number of carbonyl (C=O) groups is 1. The van der Waals surface area contributed by atoms with Gasteiger partial charge in [0.25, 0.3) is 0 Å². The van der Waals surface area contributed by atoms with Crippen LogP contribution in [0.3, 0.4) is 0 Å². The molecule has 1 heterocycles. The van der Waals surface area contributed by atoms with Gasteiger partial charge in [0.15, 0.2) is 0 Å². The van der Waals surface area contributed by atoms with Crippen LogP contribution < -0.4 is 10.6 Å². The maximum absolute atomic E-state index is 12.8. The van der Waals surface area contributed by atoms with E-state index in [9.17, 15) is 4.79 Å². The number of ether oxygens (including phenoxy) is 3. The fourth-order valence-corrected chi connectivity index (χ4v) is 7.64. The molecule has 0 amide bonds. The first-order valence-electron chi connectivity index (χ1n) is 16.1. The predicted octanol–water partition coefficient (Wildman–Crippen LogP) is 5.73. The summed E-state index contributed by atoms with van der Waals surface area (Å²) in [5.74, 6) is 2.28. The lowest BCUT2D eigenvalue weighted by Gasteiger charge is -2.39. The smallest absolute Gasteiger partial charge is 0.309 e. The summed E-state index contributed by atoms with van der Waals surface area (Å²) >= 11 is 0. The first kappa shape index (κ1) is 27.9. The van der Waals surface area contributed by atoms with Crippen molar-refractivity contribution < 1.29 is 19.0 Å². The van der Waals surface area contributed by atoms with E-state index < -0.39 is 0 Å². The Bertz CT molecular complexity index is 654. The molecule has 0 spiro atoms. The molecule has 37 heavy (non-hydrogen) atoms. The van der Waals surface area contributed by atoms with Gasteiger partial charge in [0.2, 0.25) is 0 Å². The van der Waals surface area contributed by atoms with Crippen LogP contribution >= 0.6 is 0 Å². The zero-order valence-corrected chi connectivity index (χ0v) is 23.3. The molecule has 0 aromatic rings. The Balaban J connectivity index is 0.922. The highest BCUT2D eigenvalue weighted by Gasteiger charge is 2.34. The average molecular weight is 519 g/mol. The summed E-state index contributed by atoms with van der Waals surface area (Å²) in [6, 6.07) is 0. The molecule has 0 aromatic carbocycles. The van der Waals surface area contributed by atoms with Gasteiger partial charge in [-0.15, -0.1) is 0 Å². The van der Waals surface area contributed by atoms with Crippen LogP contribution in [-0.4, -0.2) is 56.8 Å². The third-order valence-corrected chi connectivity index (χ3v) is 10.2. The third-order valence-electron chi connectivity index (χ3n) is 10.2. The second-order valence-electron chi connectivity index (χ2n) is 13.0. The van der Waals surface area contributed by atoms with Crippen molar-refractivity contribution >= 4 is 5.97 Å². The van der Waals surface area contributed by atoms with E-state index in [1.807, 2.05) is 0 Å². The van der Waals surface area contributed by atoms with E-state index in [2.05, 4.69) is 10.6 Å². The van der Waals surface area contributed by atoms with Crippen LogP contribution in [-0.2, 0) is 19.0 Å². The lowest BCUT2D eigenvalue weighted by molar-refractivity contribution is -0.157. The standard InChI is InChI=1S/C31H54N2O4/c34-31(26-13-17-28(18-14-26)36-22-24-9-5-2-6-10-24)37-29-19-32-30(33-20-29)25-11-15-27(16-12-25)35-21-23-7-3-1-4-8-23/h23-30,32-33H,1-22H2. The van der Waals surface area contributed by atoms with Crippen LogP contribution in [0, 0.1) is 23.7 Å². The fraction of sp³-hybridized carbons (Fsp3) is 0.968. The summed E-state index contributed by atoms with van der Waals surface area (Å²) in [4.78, 5) is 12.8. The second-order valence-corrected chi connectivity index (χ2v) is 13.0. The molecule has 0 atom stereocenters.